The number of phenolic OH excluding ortho intramolecular Hbond substituents is 1. The van der Waals surface area contributed by atoms with Gasteiger partial charge in [-0.25, -0.2) is 0 Å². The van der Waals surface area contributed by atoms with Crippen LogP contribution in [0.5, 0.6) is 5.75 Å². The van der Waals surface area contributed by atoms with Crippen LogP contribution in [0.2, 0.25) is 10.0 Å². The molecule has 1 fully saturated rings. The fourth-order valence-electron chi connectivity index (χ4n) is 3.06. The van der Waals surface area contributed by atoms with E-state index in [1.807, 2.05) is 23.1 Å². The van der Waals surface area contributed by atoms with Crippen molar-refractivity contribution in [3.8, 4) is 5.75 Å². The van der Waals surface area contributed by atoms with Crippen LogP contribution in [0, 0.1) is 0 Å². The van der Waals surface area contributed by atoms with Crippen LogP contribution < -0.4 is 0 Å². The summed E-state index contributed by atoms with van der Waals surface area (Å²) in [7, 11) is 0. The summed E-state index contributed by atoms with van der Waals surface area (Å²) in [5.74, 6) is -0.278. The van der Waals surface area contributed by atoms with E-state index in [2.05, 4.69) is 12.1 Å². The Hall–Kier alpha value is -1.71. The van der Waals surface area contributed by atoms with Crippen molar-refractivity contribution >= 4 is 29.1 Å². The quantitative estimate of drug-likeness (QED) is 0.883. The third-order valence-corrected chi connectivity index (χ3v) is 4.79. The Morgan fingerprint density at radius 1 is 1.17 bits per heavy atom. The van der Waals surface area contributed by atoms with Gasteiger partial charge in [0.2, 0.25) is 0 Å². The van der Waals surface area contributed by atoms with Gasteiger partial charge in [0.25, 0.3) is 5.91 Å². The number of carbonyl (C=O) groups is 1. The molecule has 2 aromatic carbocycles. The van der Waals surface area contributed by atoms with Crippen molar-refractivity contribution in [1.82, 2.24) is 4.90 Å². The van der Waals surface area contributed by atoms with Crippen LogP contribution in [0.25, 0.3) is 0 Å². The number of likely N-dealkylation sites (tertiary alicyclic amines) is 1. The first kappa shape index (κ1) is 16.2. The van der Waals surface area contributed by atoms with Gasteiger partial charge in [0.1, 0.15) is 0 Å². The van der Waals surface area contributed by atoms with Crippen molar-refractivity contribution in [3.05, 3.63) is 63.6 Å². The zero-order valence-electron chi connectivity index (χ0n) is 12.5. The summed E-state index contributed by atoms with van der Waals surface area (Å²) in [6.07, 6.45) is 2.81. The topological polar surface area (TPSA) is 40.5 Å². The van der Waals surface area contributed by atoms with E-state index in [9.17, 15) is 9.90 Å². The number of hydrogen-bond donors (Lipinski definition) is 1. The van der Waals surface area contributed by atoms with E-state index in [1.165, 1.54) is 17.7 Å². The highest BCUT2D eigenvalue weighted by atomic mass is 35.5. The lowest BCUT2D eigenvalue weighted by Crippen LogP contribution is -2.36. The number of halogens is 2. The fourth-order valence-corrected chi connectivity index (χ4v) is 3.54. The second-order valence-electron chi connectivity index (χ2n) is 5.77. The van der Waals surface area contributed by atoms with E-state index in [0.717, 1.165) is 25.8 Å². The highest BCUT2D eigenvalue weighted by Gasteiger charge is 2.30. The van der Waals surface area contributed by atoms with Gasteiger partial charge in [-0.1, -0.05) is 53.5 Å². The van der Waals surface area contributed by atoms with Gasteiger partial charge >= 0.3 is 0 Å². The largest absolute Gasteiger partial charge is 0.505 e. The minimum absolute atomic E-state index is 0.0905. The lowest BCUT2D eigenvalue weighted by molar-refractivity contribution is 0.0736. The van der Waals surface area contributed by atoms with Crippen LogP contribution in [-0.4, -0.2) is 28.5 Å². The summed E-state index contributed by atoms with van der Waals surface area (Å²) in [5, 5.41) is 9.83. The lowest BCUT2D eigenvalue weighted by atomic mass is 10.0. The molecule has 1 aliphatic rings. The monoisotopic (exact) mass is 349 g/mol. The molecule has 2 aromatic rings. The molecule has 1 heterocycles. The van der Waals surface area contributed by atoms with Crippen molar-refractivity contribution in [1.29, 1.82) is 0 Å². The average molecular weight is 350 g/mol. The normalized spacial score (nSPS) is 17.5. The molecule has 1 saturated heterocycles. The van der Waals surface area contributed by atoms with Crippen LogP contribution >= 0.6 is 23.2 Å². The number of nitrogens with zero attached hydrogens (tertiary/aromatic N) is 1. The maximum atomic E-state index is 12.8. The van der Waals surface area contributed by atoms with E-state index < -0.39 is 0 Å². The molecule has 1 aliphatic heterocycles. The minimum Gasteiger partial charge on any atom is -0.505 e. The molecular weight excluding hydrogens is 333 g/mol. The van der Waals surface area contributed by atoms with Gasteiger partial charge in [-0.3, -0.25) is 4.79 Å². The number of amides is 1. The van der Waals surface area contributed by atoms with Crippen LogP contribution in [0.3, 0.4) is 0 Å². The van der Waals surface area contributed by atoms with E-state index in [1.54, 1.807) is 0 Å². The first-order valence-corrected chi connectivity index (χ1v) is 8.35. The van der Waals surface area contributed by atoms with Crippen LogP contribution in [0.1, 0.15) is 28.8 Å². The molecule has 1 N–H and O–H groups in total. The number of rotatable bonds is 3. The Kier molecular flexibility index (Phi) is 4.79. The molecule has 0 spiro atoms. The zero-order chi connectivity index (χ0) is 16.4. The first-order valence-electron chi connectivity index (χ1n) is 7.59. The second kappa shape index (κ2) is 6.81. The van der Waals surface area contributed by atoms with Crippen LogP contribution in [-0.2, 0) is 6.42 Å². The molecule has 3 nitrogen and oxygen atoms in total. The molecule has 0 aromatic heterocycles. The molecule has 23 heavy (non-hydrogen) atoms. The highest BCUT2D eigenvalue weighted by molar-refractivity contribution is 6.37. The SMILES string of the molecule is O=C(c1cc(Cl)c(O)c(Cl)c1)N1CCCC1Cc1ccccc1. The maximum absolute atomic E-state index is 12.8. The Bertz CT molecular complexity index is 695. The Morgan fingerprint density at radius 3 is 2.48 bits per heavy atom. The van der Waals surface area contributed by atoms with Crippen molar-refractivity contribution < 1.29 is 9.90 Å². The summed E-state index contributed by atoms with van der Waals surface area (Å²) in [5.41, 5.74) is 1.64. The van der Waals surface area contributed by atoms with Gasteiger partial charge in [-0.2, -0.15) is 0 Å². The lowest BCUT2D eigenvalue weighted by Gasteiger charge is -2.25. The summed E-state index contributed by atoms with van der Waals surface area (Å²) in [6.45, 7) is 0.729. The predicted octanol–water partition coefficient (Wildman–Crippen LogP) is 4.55. The van der Waals surface area contributed by atoms with Gasteiger partial charge in [0.15, 0.2) is 5.75 Å². The van der Waals surface area contributed by atoms with E-state index in [-0.39, 0.29) is 27.7 Å². The molecule has 1 atom stereocenters. The molecule has 1 unspecified atom stereocenters. The molecule has 0 aliphatic carbocycles. The molecule has 3 rings (SSSR count). The Balaban J connectivity index is 1.81. The number of hydrogen-bond acceptors (Lipinski definition) is 2. The standard InChI is InChI=1S/C18H17Cl2NO2/c19-15-10-13(11-16(20)17(15)22)18(23)21-8-4-7-14(21)9-12-5-2-1-3-6-12/h1-3,5-6,10-11,14,22H,4,7-9H2. The number of aromatic hydroxyl groups is 1. The molecule has 0 saturated carbocycles. The van der Waals surface area contributed by atoms with E-state index in [4.69, 9.17) is 23.2 Å². The highest BCUT2D eigenvalue weighted by Crippen LogP contribution is 2.34. The Morgan fingerprint density at radius 2 is 1.83 bits per heavy atom. The first-order chi connectivity index (χ1) is 11.1. The van der Waals surface area contributed by atoms with Crippen LogP contribution in [0.4, 0.5) is 0 Å². The fraction of sp³-hybridized carbons (Fsp3) is 0.278. The number of benzene rings is 2. The van der Waals surface area contributed by atoms with Gasteiger partial charge in [0, 0.05) is 18.2 Å². The third kappa shape index (κ3) is 3.46. The minimum atomic E-state index is -0.188. The summed E-state index contributed by atoms with van der Waals surface area (Å²) in [4.78, 5) is 14.7. The third-order valence-electron chi connectivity index (χ3n) is 4.22. The molecule has 0 radical (unpaired) electrons. The van der Waals surface area contributed by atoms with Gasteiger partial charge < -0.3 is 10.0 Å². The summed E-state index contributed by atoms with van der Waals surface area (Å²) >= 11 is 11.9. The van der Waals surface area contributed by atoms with Gasteiger partial charge in [0.05, 0.1) is 10.0 Å². The number of carbonyl (C=O) groups excluding carboxylic acids is 1. The summed E-state index contributed by atoms with van der Waals surface area (Å²) < 4.78 is 0. The van der Waals surface area contributed by atoms with Gasteiger partial charge in [-0.05, 0) is 37.0 Å². The molecule has 120 valence electrons. The molecule has 0 bridgehead atoms. The second-order valence-corrected chi connectivity index (χ2v) is 6.59. The zero-order valence-corrected chi connectivity index (χ0v) is 14.0. The van der Waals surface area contributed by atoms with Crippen LogP contribution in [0.15, 0.2) is 42.5 Å². The Labute approximate surface area is 145 Å². The smallest absolute Gasteiger partial charge is 0.254 e. The van der Waals surface area contributed by atoms with E-state index >= 15 is 0 Å². The van der Waals surface area contributed by atoms with Crippen molar-refractivity contribution in [2.24, 2.45) is 0 Å². The summed E-state index contributed by atoms with van der Waals surface area (Å²) in [6, 6.07) is 13.3. The molecular formula is C18H17Cl2NO2. The average Bonchev–Trinajstić information content (AvgIpc) is 3.00. The van der Waals surface area contributed by atoms with Crippen molar-refractivity contribution in [2.45, 2.75) is 25.3 Å². The maximum Gasteiger partial charge on any atom is 0.254 e. The molecule has 5 heteroatoms. The molecule has 1 amide bonds. The predicted molar refractivity (Wildman–Crippen MR) is 92.3 cm³/mol. The van der Waals surface area contributed by atoms with E-state index in [0.29, 0.717) is 5.56 Å². The van der Waals surface area contributed by atoms with Gasteiger partial charge in [-0.15, -0.1) is 0 Å². The number of phenols is 1. The van der Waals surface area contributed by atoms with Crippen molar-refractivity contribution in [3.63, 3.8) is 0 Å². The van der Waals surface area contributed by atoms with Crippen molar-refractivity contribution in [2.75, 3.05) is 6.54 Å².